The Labute approximate surface area is 151 Å². The van der Waals surface area contributed by atoms with E-state index in [1.54, 1.807) is 10.3 Å². The van der Waals surface area contributed by atoms with E-state index in [4.69, 9.17) is 0 Å². The number of aromatic nitrogens is 1. The third-order valence-corrected chi connectivity index (χ3v) is 5.15. The number of carbonyl (C=O) groups is 2. The maximum atomic E-state index is 12.5. The normalized spacial score (nSPS) is 15.7. The number of nitrogens with zero attached hydrogens (tertiary/aromatic N) is 2. The summed E-state index contributed by atoms with van der Waals surface area (Å²) >= 11 is 1.44. The molecule has 3 rings (SSSR count). The van der Waals surface area contributed by atoms with Crippen LogP contribution in [0.4, 0.5) is 13.2 Å². The number of hydrogen-bond acceptors (Lipinski definition) is 5. The molecule has 0 aliphatic carbocycles. The van der Waals surface area contributed by atoms with Crippen molar-refractivity contribution in [2.24, 2.45) is 0 Å². The molecule has 0 bridgehead atoms. The van der Waals surface area contributed by atoms with Gasteiger partial charge in [-0.3, -0.25) is 9.59 Å². The molecular formula is C17H15F3N2O3S. The highest BCUT2D eigenvalue weighted by atomic mass is 32.1. The lowest BCUT2D eigenvalue weighted by molar-refractivity contribution is -0.274. The van der Waals surface area contributed by atoms with Crippen LogP contribution in [0, 0.1) is 0 Å². The summed E-state index contributed by atoms with van der Waals surface area (Å²) in [5.74, 6) is -0.377. The standard InChI is InChI=1S/C17H15F3N2O3S/c18-17(19,20)25-14-3-1-12(2-4-14)16(24)22-7-5-11(6-8-22)15-21-13(9-23)10-26-15/h1-4,9-11H,5-8H2. The molecule has 0 spiro atoms. The van der Waals surface area contributed by atoms with Crippen molar-refractivity contribution in [3.63, 3.8) is 0 Å². The first-order valence-corrected chi connectivity index (χ1v) is 8.79. The molecule has 0 N–H and O–H groups in total. The Bertz CT molecular complexity index is 781. The smallest absolute Gasteiger partial charge is 0.406 e. The molecule has 1 aromatic carbocycles. The number of amides is 1. The zero-order valence-corrected chi connectivity index (χ0v) is 14.3. The molecule has 2 heterocycles. The molecule has 1 saturated heterocycles. The average molecular weight is 384 g/mol. The maximum Gasteiger partial charge on any atom is 0.573 e. The average Bonchev–Trinajstić information content (AvgIpc) is 3.10. The van der Waals surface area contributed by atoms with E-state index in [2.05, 4.69) is 9.72 Å². The third kappa shape index (κ3) is 4.40. The van der Waals surface area contributed by atoms with Gasteiger partial charge < -0.3 is 9.64 Å². The topological polar surface area (TPSA) is 59.5 Å². The number of halogens is 3. The van der Waals surface area contributed by atoms with Crippen molar-refractivity contribution < 1.29 is 27.5 Å². The Hall–Kier alpha value is -2.42. The van der Waals surface area contributed by atoms with Gasteiger partial charge in [-0.2, -0.15) is 0 Å². The summed E-state index contributed by atoms with van der Waals surface area (Å²) in [6.07, 6.45) is -2.59. The minimum Gasteiger partial charge on any atom is -0.406 e. The van der Waals surface area contributed by atoms with Crippen LogP contribution in [0.15, 0.2) is 29.6 Å². The number of hydrogen-bond donors (Lipinski definition) is 0. The molecule has 0 radical (unpaired) electrons. The SMILES string of the molecule is O=Cc1csc(C2CCN(C(=O)c3ccc(OC(F)(F)F)cc3)CC2)n1. The van der Waals surface area contributed by atoms with Crippen molar-refractivity contribution in [3.05, 3.63) is 45.9 Å². The fourth-order valence-electron chi connectivity index (χ4n) is 2.85. The molecule has 1 amide bonds. The number of aldehydes is 1. The minimum absolute atomic E-state index is 0.209. The van der Waals surface area contributed by atoms with Crippen molar-refractivity contribution >= 4 is 23.5 Å². The molecule has 1 aromatic heterocycles. The first-order valence-electron chi connectivity index (χ1n) is 7.91. The molecule has 0 unspecified atom stereocenters. The lowest BCUT2D eigenvalue weighted by Gasteiger charge is -2.31. The molecule has 0 atom stereocenters. The van der Waals surface area contributed by atoms with Gasteiger partial charge in [-0.15, -0.1) is 24.5 Å². The van der Waals surface area contributed by atoms with Gasteiger partial charge in [0.15, 0.2) is 6.29 Å². The lowest BCUT2D eigenvalue weighted by Crippen LogP contribution is -2.37. The Balaban J connectivity index is 1.58. The number of alkyl halides is 3. The summed E-state index contributed by atoms with van der Waals surface area (Å²) in [6.45, 7) is 1.06. The monoisotopic (exact) mass is 384 g/mol. The van der Waals surface area contributed by atoms with E-state index < -0.39 is 6.36 Å². The van der Waals surface area contributed by atoms with Crippen molar-refractivity contribution in [2.45, 2.75) is 25.1 Å². The molecule has 1 aliphatic rings. The quantitative estimate of drug-likeness (QED) is 0.751. The zero-order valence-electron chi connectivity index (χ0n) is 13.5. The van der Waals surface area contributed by atoms with Crippen LogP contribution in [0.25, 0.3) is 0 Å². The third-order valence-electron chi connectivity index (χ3n) is 4.13. The molecule has 2 aromatic rings. The van der Waals surface area contributed by atoms with Gasteiger partial charge in [0.05, 0.1) is 5.01 Å². The Morgan fingerprint density at radius 1 is 1.23 bits per heavy atom. The predicted molar refractivity (Wildman–Crippen MR) is 88.5 cm³/mol. The molecule has 26 heavy (non-hydrogen) atoms. The van der Waals surface area contributed by atoms with Crippen LogP contribution in [-0.2, 0) is 0 Å². The number of ether oxygens (including phenoxy) is 1. The number of piperidine rings is 1. The van der Waals surface area contributed by atoms with Crippen molar-refractivity contribution in [1.82, 2.24) is 9.88 Å². The van der Waals surface area contributed by atoms with Gasteiger partial charge in [0.1, 0.15) is 11.4 Å². The van der Waals surface area contributed by atoms with Gasteiger partial charge in [-0.05, 0) is 37.1 Å². The Kier molecular flexibility index (Phi) is 5.26. The molecular weight excluding hydrogens is 369 g/mol. The number of benzene rings is 1. The van der Waals surface area contributed by atoms with Crippen LogP contribution in [0.2, 0.25) is 0 Å². The van der Waals surface area contributed by atoms with Crippen molar-refractivity contribution in [1.29, 1.82) is 0 Å². The number of carbonyl (C=O) groups excluding carboxylic acids is 2. The summed E-state index contributed by atoms with van der Waals surface area (Å²) < 4.78 is 40.3. The summed E-state index contributed by atoms with van der Waals surface area (Å²) in [5, 5.41) is 2.61. The van der Waals surface area contributed by atoms with Gasteiger partial charge in [-0.1, -0.05) is 0 Å². The van der Waals surface area contributed by atoms with Crippen LogP contribution < -0.4 is 4.74 Å². The van der Waals surface area contributed by atoms with Gasteiger partial charge in [0.25, 0.3) is 5.91 Å². The van der Waals surface area contributed by atoms with E-state index >= 15 is 0 Å². The second kappa shape index (κ2) is 7.45. The Morgan fingerprint density at radius 2 is 1.88 bits per heavy atom. The van der Waals surface area contributed by atoms with E-state index in [1.165, 1.54) is 23.5 Å². The van der Waals surface area contributed by atoms with E-state index in [1.807, 2.05) is 0 Å². The van der Waals surface area contributed by atoms with E-state index in [-0.39, 0.29) is 17.6 Å². The number of thiazole rings is 1. The fourth-order valence-corrected chi connectivity index (χ4v) is 3.79. The van der Waals surface area contributed by atoms with Gasteiger partial charge in [0, 0.05) is 30.0 Å². The molecule has 138 valence electrons. The van der Waals surface area contributed by atoms with Crippen molar-refractivity contribution in [3.8, 4) is 5.75 Å². The molecule has 9 heteroatoms. The highest BCUT2D eigenvalue weighted by Crippen LogP contribution is 2.31. The van der Waals surface area contributed by atoms with Crippen LogP contribution in [0.3, 0.4) is 0 Å². The number of likely N-dealkylation sites (tertiary alicyclic amines) is 1. The summed E-state index contributed by atoms with van der Waals surface area (Å²) in [6, 6.07) is 4.91. The first kappa shape index (κ1) is 18.4. The summed E-state index contributed by atoms with van der Waals surface area (Å²) in [4.78, 5) is 29.1. The first-order chi connectivity index (χ1) is 12.4. The summed E-state index contributed by atoms with van der Waals surface area (Å²) in [5.41, 5.74) is 0.736. The minimum atomic E-state index is -4.76. The largest absolute Gasteiger partial charge is 0.573 e. The highest BCUT2D eigenvalue weighted by molar-refractivity contribution is 7.09. The molecule has 5 nitrogen and oxygen atoms in total. The van der Waals surface area contributed by atoms with E-state index in [0.29, 0.717) is 30.6 Å². The van der Waals surface area contributed by atoms with Crippen LogP contribution >= 0.6 is 11.3 Å². The van der Waals surface area contributed by atoms with E-state index in [9.17, 15) is 22.8 Å². The second-order valence-corrected chi connectivity index (χ2v) is 6.76. The fraction of sp³-hybridized carbons (Fsp3) is 0.353. The lowest BCUT2D eigenvalue weighted by atomic mass is 9.97. The van der Waals surface area contributed by atoms with Crippen LogP contribution in [-0.4, -0.2) is 41.5 Å². The van der Waals surface area contributed by atoms with Gasteiger partial charge in [0.2, 0.25) is 0 Å². The predicted octanol–water partition coefficient (Wildman–Crippen LogP) is 3.87. The Morgan fingerprint density at radius 3 is 2.42 bits per heavy atom. The van der Waals surface area contributed by atoms with Crippen LogP contribution in [0.1, 0.15) is 44.6 Å². The van der Waals surface area contributed by atoms with Gasteiger partial charge >= 0.3 is 6.36 Å². The van der Waals surface area contributed by atoms with Gasteiger partial charge in [-0.25, -0.2) is 4.98 Å². The number of rotatable bonds is 4. The zero-order chi connectivity index (χ0) is 18.7. The molecule has 0 saturated carbocycles. The molecule has 1 fully saturated rings. The summed E-state index contributed by atoms with van der Waals surface area (Å²) in [7, 11) is 0. The molecule has 1 aliphatic heterocycles. The van der Waals surface area contributed by atoms with E-state index in [0.717, 1.165) is 30.0 Å². The highest BCUT2D eigenvalue weighted by Gasteiger charge is 2.31. The van der Waals surface area contributed by atoms with Crippen LogP contribution in [0.5, 0.6) is 5.75 Å². The maximum absolute atomic E-state index is 12.5. The van der Waals surface area contributed by atoms with Crippen molar-refractivity contribution in [2.75, 3.05) is 13.1 Å². The second-order valence-electron chi connectivity index (χ2n) is 5.87.